The SMILES string of the molecule is COC1CCC(OC[C@@]2(COC(=O)c3ccc(C)[nH]3)C3CC[C@@]4(C)[C@H](C5=C(O)C(=O)OC5O)C(C)=CC[C@H]4[C@]3(C)[C@@H](O)C[C@H]2OC(C)=O)OC1C. The van der Waals surface area contributed by atoms with Crippen LogP contribution < -0.4 is 0 Å². The third-order valence-electron chi connectivity index (χ3n) is 13.1. The molecule has 3 aliphatic carbocycles. The molecule has 5 unspecified atom stereocenters. The lowest BCUT2D eigenvalue weighted by atomic mass is 9.38. The van der Waals surface area contributed by atoms with Crippen molar-refractivity contribution in [2.75, 3.05) is 20.3 Å². The fourth-order valence-electron chi connectivity index (χ4n) is 10.6. The third kappa shape index (κ3) is 6.32. The van der Waals surface area contributed by atoms with Gasteiger partial charge in [0.2, 0.25) is 12.0 Å². The Bertz CT molecular complexity index is 1580. The number of ether oxygens (including phenoxy) is 6. The molecular formula is C38H53NO12. The molecule has 2 aliphatic heterocycles. The zero-order valence-corrected chi connectivity index (χ0v) is 30.6. The minimum atomic E-state index is -1.59. The number of nitrogens with one attached hydrogen (secondary N) is 1. The monoisotopic (exact) mass is 715 g/mol. The Kier molecular flexibility index (Phi) is 10.3. The number of carbonyl (C=O) groups excluding carboxylic acids is 3. The summed E-state index contributed by atoms with van der Waals surface area (Å²) in [6.45, 7) is 11.0. The zero-order chi connectivity index (χ0) is 37.0. The maximum absolute atomic E-state index is 13.5. The van der Waals surface area contributed by atoms with Gasteiger partial charge in [0, 0.05) is 43.9 Å². The van der Waals surface area contributed by atoms with Crippen LogP contribution >= 0.6 is 0 Å². The van der Waals surface area contributed by atoms with Gasteiger partial charge in [-0.2, -0.15) is 0 Å². The summed E-state index contributed by atoms with van der Waals surface area (Å²) in [6.07, 6.45) is 0.680. The van der Waals surface area contributed by atoms with Crippen molar-refractivity contribution in [2.45, 2.75) is 117 Å². The molecule has 2 saturated carbocycles. The number of hydrogen-bond donors (Lipinski definition) is 4. The molecule has 1 aromatic heterocycles. The zero-order valence-electron chi connectivity index (χ0n) is 30.6. The van der Waals surface area contributed by atoms with Crippen LogP contribution in [0.5, 0.6) is 0 Å². The number of aliphatic hydroxyl groups excluding tert-OH is 3. The molecule has 6 rings (SSSR count). The number of esters is 3. The van der Waals surface area contributed by atoms with Crippen LogP contribution in [0.1, 0.15) is 89.3 Å². The van der Waals surface area contributed by atoms with Gasteiger partial charge in [-0.15, -0.1) is 0 Å². The van der Waals surface area contributed by atoms with E-state index in [1.165, 1.54) is 6.92 Å². The number of aromatic amines is 1. The number of methoxy groups -OCH3 is 1. The van der Waals surface area contributed by atoms with Gasteiger partial charge in [-0.3, -0.25) is 4.79 Å². The van der Waals surface area contributed by atoms with Crippen LogP contribution in [0.2, 0.25) is 0 Å². The van der Waals surface area contributed by atoms with Gasteiger partial charge in [0.1, 0.15) is 18.4 Å². The third-order valence-corrected chi connectivity index (χ3v) is 13.1. The molecule has 51 heavy (non-hydrogen) atoms. The molecule has 0 aromatic carbocycles. The molecular weight excluding hydrogens is 662 g/mol. The van der Waals surface area contributed by atoms with E-state index in [0.29, 0.717) is 25.7 Å². The molecule has 282 valence electrons. The number of fused-ring (bicyclic) bond motifs is 3. The second kappa shape index (κ2) is 14.0. The first-order chi connectivity index (χ1) is 24.1. The van der Waals surface area contributed by atoms with Crippen LogP contribution in [0, 0.1) is 40.9 Å². The number of aliphatic hydroxyl groups is 3. The van der Waals surface area contributed by atoms with E-state index >= 15 is 0 Å². The summed E-state index contributed by atoms with van der Waals surface area (Å²) in [5, 5.41) is 34.0. The average molecular weight is 716 g/mol. The van der Waals surface area contributed by atoms with E-state index < -0.39 is 76.5 Å². The van der Waals surface area contributed by atoms with Crippen molar-refractivity contribution in [2.24, 2.45) is 34.0 Å². The number of aryl methyl sites for hydroxylation is 1. The summed E-state index contributed by atoms with van der Waals surface area (Å²) < 4.78 is 35.6. The fraction of sp³-hybridized carbons (Fsp3) is 0.711. The second-order valence-corrected chi connectivity index (χ2v) is 15.8. The van der Waals surface area contributed by atoms with Gasteiger partial charge in [-0.05, 0) is 75.8 Å². The number of aromatic nitrogens is 1. The van der Waals surface area contributed by atoms with Gasteiger partial charge >= 0.3 is 17.9 Å². The van der Waals surface area contributed by atoms with Gasteiger partial charge in [0.15, 0.2) is 6.29 Å². The Morgan fingerprint density at radius 2 is 1.82 bits per heavy atom. The Balaban J connectivity index is 1.42. The molecule has 3 heterocycles. The molecule has 4 N–H and O–H groups in total. The smallest absolute Gasteiger partial charge is 0.376 e. The van der Waals surface area contributed by atoms with Gasteiger partial charge in [-0.25, -0.2) is 9.59 Å². The average Bonchev–Trinajstić information content (AvgIpc) is 3.61. The van der Waals surface area contributed by atoms with Gasteiger partial charge in [-0.1, -0.05) is 25.5 Å². The molecule has 3 fully saturated rings. The van der Waals surface area contributed by atoms with Gasteiger partial charge in [0.05, 0.1) is 35.9 Å². The number of hydrogen-bond acceptors (Lipinski definition) is 12. The van der Waals surface area contributed by atoms with Crippen molar-refractivity contribution in [3.63, 3.8) is 0 Å². The number of cyclic esters (lactones) is 1. The molecule has 13 heteroatoms. The molecule has 0 radical (unpaired) electrons. The predicted molar refractivity (Wildman–Crippen MR) is 181 cm³/mol. The van der Waals surface area contributed by atoms with Crippen molar-refractivity contribution in [3.05, 3.63) is 46.5 Å². The molecule has 13 nitrogen and oxygen atoms in total. The van der Waals surface area contributed by atoms with E-state index in [9.17, 15) is 29.7 Å². The summed E-state index contributed by atoms with van der Waals surface area (Å²) >= 11 is 0. The van der Waals surface area contributed by atoms with Crippen LogP contribution in [0.25, 0.3) is 0 Å². The predicted octanol–water partition coefficient (Wildman–Crippen LogP) is 4.41. The molecule has 1 saturated heterocycles. The number of carbonyl (C=O) groups is 3. The first kappa shape index (κ1) is 37.5. The molecule has 0 spiro atoms. The fourth-order valence-corrected chi connectivity index (χ4v) is 10.6. The second-order valence-electron chi connectivity index (χ2n) is 15.8. The van der Waals surface area contributed by atoms with Crippen molar-refractivity contribution in [1.82, 2.24) is 4.98 Å². The summed E-state index contributed by atoms with van der Waals surface area (Å²) in [7, 11) is 1.65. The van der Waals surface area contributed by atoms with E-state index in [0.717, 1.165) is 17.7 Å². The molecule has 12 atom stereocenters. The molecule has 0 amide bonds. The number of allylic oxidation sites excluding steroid dienone is 2. The van der Waals surface area contributed by atoms with E-state index in [1.807, 2.05) is 33.8 Å². The highest BCUT2D eigenvalue weighted by Gasteiger charge is 2.70. The summed E-state index contributed by atoms with van der Waals surface area (Å²) in [6, 6.07) is 3.44. The van der Waals surface area contributed by atoms with Crippen LogP contribution in [0.3, 0.4) is 0 Å². The lowest BCUT2D eigenvalue weighted by Gasteiger charge is -2.68. The highest BCUT2D eigenvalue weighted by Crippen LogP contribution is 2.70. The Labute approximate surface area is 298 Å². The van der Waals surface area contributed by atoms with Gasteiger partial charge < -0.3 is 48.7 Å². The molecule has 0 bridgehead atoms. The first-order valence-electron chi connectivity index (χ1n) is 18.0. The van der Waals surface area contributed by atoms with E-state index in [4.69, 9.17) is 28.4 Å². The largest absolute Gasteiger partial charge is 0.502 e. The van der Waals surface area contributed by atoms with Crippen LogP contribution in [-0.4, -0.2) is 95.5 Å². The maximum atomic E-state index is 13.5. The van der Waals surface area contributed by atoms with E-state index in [2.05, 4.69) is 11.9 Å². The highest BCUT2D eigenvalue weighted by molar-refractivity contribution is 5.89. The van der Waals surface area contributed by atoms with Crippen molar-refractivity contribution in [3.8, 4) is 0 Å². The molecule has 1 aromatic rings. The van der Waals surface area contributed by atoms with Crippen LogP contribution in [-0.2, 0) is 38.0 Å². The van der Waals surface area contributed by atoms with Crippen LogP contribution in [0.15, 0.2) is 35.1 Å². The van der Waals surface area contributed by atoms with Crippen molar-refractivity contribution < 1.29 is 58.1 Å². The topological polar surface area (TPSA) is 183 Å². The lowest BCUT2D eigenvalue weighted by Crippen LogP contribution is -2.69. The minimum Gasteiger partial charge on any atom is -0.502 e. The lowest BCUT2D eigenvalue weighted by molar-refractivity contribution is -0.285. The molecule has 5 aliphatic rings. The minimum absolute atomic E-state index is 0.0126. The van der Waals surface area contributed by atoms with E-state index in [-0.39, 0.29) is 49.0 Å². The van der Waals surface area contributed by atoms with E-state index in [1.54, 1.807) is 19.2 Å². The first-order valence-corrected chi connectivity index (χ1v) is 18.0. The standard InChI is InChI=1S/C38H53NO12/c1-19-8-12-25-36(5,31(19)30-32(42)35(45)51-34(30)44)15-14-26-37(25,6)27(41)16-28(50-22(4)40)38(26,18-48-33(43)23-10-9-20(2)39-23)17-47-29-13-11-24(46-7)21(3)49-29/h8-10,21,24-29,31,34,39,41-42,44H,11-18H2,1-7H3/t21?,24?,25-,26?,27+,28-,29?,31+,34?,36-,37+,38-/m1/s1. The Morgan fingerprint density at radius 3 is 2.43 bits per heavy atom. The summed E-state index contributed by atoms with van der Waals surface area (Å²) in [5.74, 6) is -3.84. The van der Waals surface area contributed by atoms with Crippen LogP contribution in [0.4, 0.5) is 0 Å². The highest BCUT2D eigenvalue weighted by atomic mass is 16.7. The summed E-state index contributed by atoms with van der Waals surface area (Å²) in [4.78, 5) is 41.6. The normalized spacial score (nSPS) is 40.9. The van der Waals surface area contributed by atoms with Crippen molar-refractivity contribution in [1.29, 1.82) is 0 Å². The van der Waals surface area contributed by atoms with Gasteiger partial charge in [0.25, 0.3) is 0 Å². The maximum Gasteiger partial charge on any atom is 0.376 e. The number of rotatable bonds is 9. The Morgan fingerprint density at radius 1 is 1.08 bits per heavy atom. The summed E-state index contributed by atoms with van der Waals surface area (Å²) in [5.41, 5.74) is -0.513. The number of H-pyrrole nitrogens is 1. The Hall–Kier alpha value is -3.23. The quantitative estimate of drug-likeness (QED) is 0.161. The van der Waals surface area contributed by atoms with Crippen molar-refractivity contribution >= 4 is 17.9 Å².